The summed E-state index contributed by atoms with van der Waals surface area (Å²) in [4.78, 5) is 0. The fourth-order valence-electron chi connectivity index (χ4n) is 3.46. The highest BCUT2D eigenvalue weighted by Gasteiger charge is 2.50. The fourth-order valence-corrected chi connectivity index (χ4v) is 5.44. The third kappa shape index (κ3) is 2.43. The molecule has 1 aromatic carbocycles. The Morgan fingerprint density at radius 2 is 1.95 bits per heavy atom. The Morgan fingerprint density at radius 1 is 1.27 bits per heavy atom. The van der Waals surface area contributed by atoms with Crippen LogP contribution in [0.4, 0.5) is 4.39 Å². The molecule has 22 heavy (non-hydrogen) atoms. The topological polar surface area (TPSA) is 63.4 Å². The van der Waals surface area contributed by atoms with Crippen LogP contribution in [0.1, 0.15) is 37.7 Å². The lowest BCUT2D eigenvalue weighted by Gasteiger charge is -2.41. The molecule has 7 heteroatoms. The average Bonchev–Trinajstić information content (AvgIpc) is 2.63. The monoisotopic (exact) mass is 344 g/mol. The molecular formula is C15H18ClFN2O2S. The second-order valence-electron chi connectivity index (χ2n) is 5.92. The molecular weight excluding hydrogens is 327 g/mol. The maximum atomic E-state index is 14.1. The third-order valence-electron chi connectivity index (χ3n) is 4.64. The Kier molecular flexibility index (Phi) is 3.95. The molecule has 1 spiro atoms. The standard InChI is InChI=1S/C15H18ClFN2O2S/c16-12-5-4-6-13(17)11(12)9-19-15(7-2-1-3-8-15)14(18)10-22(19,20)21/h4-6,10H,1-3,7-9,18H2. The van der Waals surface area contributed by atoms with Gasteiger partial charge in [-0.1, -0.05) is 36.9 Å². The van der Waals surface area contributed by atoms with E-state index < -0.39 is 21.4 Å². The van der Waals surface area contributed by atoms with Gasteiger partial charge in [0.15, 0.2) is 0 Å². The van der Waals surface area contributed by atoms with Crippen molar-refractivity contribution in [3.05, 3.63) is 45.7 Å². The summed E-state index contributed by atoms with van der Waals surface area (Å²) < 4.78 is 40.3. The summed E-state index contributed by atoms with van der Waals surface area (Å²) in [5.74, 6) is -0.501. The van der Waals surface area contributed by atoms with Gasteiger partial charge in [-0.05, 0) is 25.0 Å². The predicted octanol–water partition coefficient (Wildman–Crippen LogP) is 3.13. The normalized spacial score (nSPS) is 23.6. The van der Waals surface area contributed by atoms with Crippen LogP contribution in [0.15, 0.2) is 29.3 Å². The van der Waals surface area contributed by atoms with Gasteiger partial charge < -0.3 is 5.73 Å². The molecule has 2 aliphatic rings. The highest BCUT2D eigenvalue weighted by atomic mass is 35.5. The van der Waals surface area contributed by atoms with E-state index in [0.717, 1.165) is 24.7 Å². The smallest absolute Gasteiger partial charge is 0.239 e. The van der Waals surface area contributed by atoms with Gasteiger partial charge in [-0.15, -0.1) is 0 Å². The van der Waals surface area contributed by atoms with Crippen LogP contribution in [0.2, 0.25) is 5.02 Å². The summed E-state index contributed by atoms with van der Waals surface area (Å²) in [6.07, 6.45) is 4.21. The summed E-state index contributed by atoms with van der Waals surface area (Å²) in [6.45, 7) is -0.0922. The SMILES string of the molecule is NC1=CS(=O)(=O)N(Cc2c(F)cccc2Cl)C12CCCCC2. The highest BCUT2D eigenvalue weighted by molar-refractivity contribution is 7.92. The molecule has 1 aliphatic heterocycles. The number of nitrogens with two attached hydrogens (primary N) is 1. The summed E-state index contributed by atoms with van der Waals surface area (Å²) in [5, 5.41) is 1.35. The molecule has 3 rings (SSSR count). The second kappa shape index (κ2) is 5.51. The first-order valence-corrected chi connectivity index (χ1v) is 9.18. The van der Waals surface area contributed by atoms with E-state index in [-0.39, 0.29) is 17.1 Å². The lowest BCUT2D eigenvalue weighted by Crippen LogP contribution is -2.50. The Hall–Kier alpha value is -1.11. The Bertz CT molecular complexity index is 707. The van der Waals surface area contributed by atoms with E-state index in [1.165, 1.54) is 16.4 Å². The van der Waals surface area contributed by atoms with Crippen molar-refractivity contribution in [3.63, 3.8) is 0 Å². The minimum absolute atomic E-state index is 0.0922. The fraction of sp³-hybridized carbons (Fsp3) is 0.467. The summed E-state index contributed by atoms with van der Waals surface area (Å²) in [7, 11) is -3.66. The van der Waals surface area contributed by atoms with Crippen molar-refractivity contribution in [2.45, 2.75) is 44.2 Å². The minimum atomic E-state index is -3.66. The van der Waals surface area contributed by atoms with E-state index in [0.29, 0.717) is 18.5 Å². The molecule has 2 N–H and O–H groups in total. The molecule has 0 saturated heterocycles. The molecule has 1 aromatic rings. The Balaban J connectivity index is 2.03. The maximum Gasteiger partial charge on any atom is 0.239 e. The predicted molar refractivity (Wildman–Crippen MR) is 84.0 cm³/mol. The van der Waals surface area contributed by atoms with Crippen LogP contribution >= 0.6 is 11.6 Å². The lowest BCUT2D eigenvalue weighted by molar-refractivity contribution is 0.166. The van der Waals surface area contributed by atoms with Crippen LogP contribution in [0, 0.1) is 5.82 Å². The van der Waals surface area contributed by atoms with Gasteiger partial charge in [0.2, 0.25) is 10.0 Å². The quantitative estimate of drug-likeness (QED) is 0.896. The molecule has 0 atom stereocenters. The number of benzene rings is 1. The molecule has 0 bridgehead atoms. The first kappa shape index (κ1) is 15.8. The van der Waals surface area contributed by atoms with Gasteiger partial charge in [0.25, 0.3) is 0 Å². The van der Waals surface area contributed by atoms with Gasteiger partial charge in [0.05, 0.1) is 10.9 Å². The molecule has 4 nitrogen and oxygen atoms in total. The van der Waals surface area contributed by atoms with Gasteiger partial charge >= 0.3 is 0 Å². The maximum absolute atomic E-state index is 14.1. The number of hydrogen-bond acceptors (Lipinski definition) is 3. The van der Waals surface area contributed by atoms with E-state index in [1.54, 1.807) is 6.07 Å². The molecule has 0 aromatic heterocycles. The van der Waals surface area contributed by atoms with E-state index in [4.69, 9.17) is 17.3 Å². The van der Waals surface area contributed by atoms with Gasteiger partial charge in [0.1, 0.15) is 5.82 Å². The molecule has 0 amide bonds. The average molecular weight is 345 g/mol. The van der Waals surface area contributed by atoms with Crippen molar-refractivity contribution in [1.29, 1.82) is 0 Å². The van der Waals surface area contributed by atoms with E-state index in [1.807, 2.05) is 0 Å². The first-order chi connectivity index (χ1) is 10.4. The van der Waals surface area contributed by atoms with Crippen molar-refractivity contribution in [1.82, 2.24) is 4.31 Å². The lowest BCUT2D eigenvalue weighted by atomic mass is 9.79. The van der Waals surface area contributed by atoms with Gasteiger partial charge in [-0.25, -0.2) is 12.8 Å². The first-order valence-electron chi connectivity index (χ1n) is 7.30. The number of hydrogen-bond donors (Lipinski definition) is 1. The Morgan fingerprint density at radius 3 is 2.59 bits per heavy atom. The summed E-state index contributed by atoms with van der Waals surface area (Å²) in [6, 6.07) is 4.35. The van der Waals surface area contributed by atoms with Crippen molar-refractivity contribution in [2.24, 2.45) is 5.73 Å². The Labute approximate surface area is 134 Å². The molecule has 1 fully saturated rings. The zero-order valence-corrected chi connectivity index (χ0v) is 13.6. The van der Waals surface area contributed by atoms with Crippen LogP contribution < -0.4 is 5.73 Å². The van der Waals surface area contributed by atoms with Crippen molar-refractivity contribution >= 4 is 21.6 Å². The number of sulfonamides is 1. The van der Waals surface area contributed by atoms with E-state index in [2.05, 4.69) is 0 Å². The highest BCUT2D eigenvalue weighted by Crippen LogP contribution is 2.45. The van der Waals surface area contributed by atoms with E-state index in [9.17, 15) is 12.8 Å². The largest absolute Gasteiger partial charge is 0.400 e. The zero-order valence-electron chi connectivity index (χ0n) is 12.1. The molecule has 0 radical (unpaired) electrons. The number of nitrogens with zero attached hydrogens (tertiary/aromatic N) is 1. The summed E-state index contributed by atoms with van der Waals surface area (Å²) >= 11 is 6.06. The molecule has 0 unspecified atom stereocenters. The molecule has 1 aliphatic carbocycles. The van der Waals surface area contributed by atoms with Crippen LogP contribution in [0.5, 0.6) is 0 Å². The minimum Gasteiger partial charge on any atom is -0.400 e. The van der Waals surface area contributed by atoms with Gasteiger partial charge in [-0.3, -0.25) is 0 Å². The number of halogens is 2. The van der Waals surface area contributed by atoms with Crippen LogP contribution in [-0.2, 0) is 16.6 Å². The molecule has 1 heterocycles. The van der Waals surface area contributed by atoms with Crippen LogP contribution in [-0.4, -0.2) is 18.3 Å². The zero-order chi connectivity index (χ0) is 16.0. The van der Waals surface area contributed by atoms with Crippen molar-refractivity contribution in [3.8, 4) is 0 Å². The molecule has 120 valence electrons. The summed E-state index contributed by atoms with van der Waals surface area (Å²) in [5.41, 5.74) is 5.89. The van der Waals surface area contributed by atoms with E-state index >= 15 is 0 Å². The number of rotatable bonds is 2. The molecule has 1 saturated carbocycles. The van der Waals surface area contributed by atoms with Crippen LogP contribution in [0.25, 0.3) is 0 Å². The second-order valence-corrected chi connectivity index (χ2v) is 8.03. The third-order valence-corrected chi connectivity index (χ3v) is 6.64. The van der Waals surface area contributed by atoms with Gasteiger partial charge in [0, 0.05) is 22.8 Å². The van der Waals surface area contributed by atoms with Crippen molar-refractivity contribution < 1.29 is 12.8 Å². The van der Waals surface area contributed by atoms with Crippen LogP contribution in [0.3, 0.4) is 0 Å². The van der Waals surface area contributed by atoms with Gasteiger partial charge in [-0.2, -0.15) is 4.31 Å². The van der Waals surface area contributed by atoms with Crippen molar-refractivity contribution in [2.75, 3.05) is 0 Å².